The van der Waals surface area contributed by atoms with Crippen LogP contribution in [0.4, 0.5) is 5.69 Å². The maximum atomic E-state index is 11.6. The summed E-state index contributed by atoms with van der Waals surface area (Å²) < 4.78 is 0. The summed E-state index contributed by atoms with van der Waals surface area (Å²) in [6, 6.07) is 1.73. The number of H-pyrrole nitrogens is 1. The minimum absolute atomic E-state index is 0.126. The lowest BCUT2D eigenvalue weighted by molar-refractivity contribution is 0.0959. The number of rotatable bonds is 4. The highest BCUT2D eigenvalue weighted by molar-refractivity contribution is 7.12. The minimum atomic E-state index is -0.126. The van der Waals surface area contributed by atoms with Gasteiger partial charge in [0.2, 0.25) is 0 Å². The van der Waals surface area contributed by atoms with Crippen LogP contribution in [0, 0.1) is 0 Å². The second-order valence-electron chi connectivity index (χ2n) is 3.25. The van der Waals surface area contributed by atoms with Crippen molar-refractivity contribution in [1.82, 2.24) is 15.3 Å². The van der Waals surface area contributed by atoms with Crippen molar-refractivity contribution < 1.29 is 4.79 Å². The Morgan fingerprint density at radius 3 is 3.12 bits per heavy atom. The number of anilines is 1. The van der Waals surface area contributed by atoms with Crippen LogP contribution in [0.2, 0.25) is 0 Å². The highest BCUT2D eigenvalue weighted by atomic mass is 32.1. The maximum Gasteiger partial charge on any atom is 0.263 e. The van der Waals surface area contributed by atoms with E-state index in [0.717, 1.165) is 5.82 Å². The Morgan fingerprint density at radius 1 is 1.62 bits per heavy atom. The van der Waals surface area contributed by atoms with Gasteiger partial charge in [-0.3, -0.25) is 4.79 Å². The Hall–Kier alpha value is -1.82. The molecule has 0 atom stereocenters. The minimum Gasteiger partial charge on any atom is -0.397 e. The number of carbonyl (C=O) groups is 1. The van der Waals surface area contributed by atoms with Crippen molar-refractivity contribution in [3.63, 3.8) is 0 Å². The van der Waals surface area contributed by atoms with E-state index in [1.165, 1.54) is 11.3 Å². The number of nitrogen functional groups attached to an aromatic ring is 1. The number of carbonyl (C=O) groups excluding carboxylic acids is 1. The molecule has 0 saturated heterocycles. The van der Waals surface area contributed by atoms with Gasteiger partial charge in [0.05, 0.1) is 5.69 Å². The molecule has 4 N–H and O–H groups in total. The lowest BCUT2D eigenvalue weighted by Gasteiger charge is -2.02. The van der Waals surface area contributed by atoms with Crippen molar-refractivity contribution in [2.45, 2.75) is 6.42 Å². The van der Waals surface area contributed by atoms with Crippen LogP contribution in [0.1, 0.15) is 15.5 Å². The number of amides is 1. The third-order valence-electron chi connectivity index (χ3n) is 2.10. The monoisotopic (exact) mass is 236 g/mol. The van der Waals surface area contributed by atoms with Crippen molar-refractivity contribution >= 4 is 22.9 Å². The number of nitrogens with one attached hydrogen (secondary N) is 2. The van der Waals surface area contributed by atoms with E-state index in [-0.39, 0.29) is 5.91 Å². The molecule has 0 aliphatic rings. The summed E-state index contributed by atoms with van der Waals surface area (Å²) in [6.45, 7) is 0.545. The maximum absolute atomic E-state index is 11.6. The third-order valence-corrected chi connectivity index (χ3v) is 3.03. The standard InChI is InChI=1S/C10H12N4OS/c11-7-2-6-16-9(7)10(15)14-3-1-8-12-4-5-13-8/h2,4-6H,1,3,11H2,(H,12,13)(H,14,15). The summed E-state index contributed by atoms with van der Waals surface area (Å²) in [6.07, 6.45) is 4.13. The van der Waals surface area contributed by atoms with Crippen molar-refractivity contribution in [2.24, 2.45) is 0 Å². The van der Waals surface area contributed by atoms with Crippen LogP contribution in [0.15, 0.2) is 23.8 Å². The third kappa shape index (κ3) is 2.40. The summed E-state index contributed by atoms with van der Waals surface area (Å²) in [7, 11) is 0. The smallest absolute Gasteiger partial charge is 0.263 e. The molecular weight excluding hydrogens is 224 g/mol. The zero-order chi connectivity index (χ0) is 11.4. The molecular formula is C10H12N4OS. The van der Waals surface area contributed by atoms with Gasteiger partial charge >= 0.3 is 0 Å². The molecule has 2 rings (SSSR count). The number of aromatic amines is 1. The van der Waals surface area contributed by atoms with Crippen molar-refractivity contribution in [1.29, 1.82) is 0 Å². The van der Waals surface area contributed by atoms with Gasteiger partial charge in [-0.15, -0.1) is 11.3 Å². The predicted octanol–water partition coefficient (Wildman–Crippen LogP) is 1.03. The van der Waals surface area contributed by atoms with E-state index >= 15 is 0 Å². The molecule has 0 fully saturated rings. The molecule has 84 valence electrons. The highest BCUT2D eigenvalue weighted by Crippen LogP contribution is 2.18. The van der Waals surface area contributed by atoms with Crippen molar-refractivity contribution in [3.05, 3.63) is 34.5 Å². The van der Waals surface area contributed by atoms with Crippen LogP contribution in [0.5, 0.6) is 0 Å². The van der Waals surface area contributed by atoms with Crippen molar-refractivity contribution in [3.8, 4) is 0 Å². The number of thiophene rings is 1. The van der Waals surface area contributed by atoms with Gasteiger partial charge in [-0.05, 0) is 11.4 Å². The lowest BCUT2D eigenvalue weighted by atomic mass is 10.3. The first-order valence-corrected chi connectivity index (χ1v) is 5.75. The molecule has 1 amide bonds. The average Bonchev–Trinajstić information content (AvgIpc) is 2.88. The van der Waals surface area contributed by atoms with Crippen LogP contribution >= 0.6 is 11.3 Å². The second kappa shape index (κ2) is 4.80. The lowest BCUT2D eigenvalue weighted by Crippen LogP contribution is -2.25. The first kappa shape index (κ1) is 10.7. The summed E-state index contributed by atoms with van der Waals surface area (Å²) in [5.74, 6) is 0.735. The topological polar surface area (TPSA) is 83.8 Å². The van der Waals surface area contributed by atoms with Gasteiger partial charge in [0.15, 0.2) is 0 Å². The molecule has 2 aromatic heterocycles. The summed E-state index contributed by atoms with van der Waals surface area (Å²) in [4.78, 5) is 19.2. The number of nitrogens with zero attached hydrogens (tertiary/aromatic N) is 1. The number of hydrogen-bond donors (Lipinski definition) is 3. The molecule has 16 heavy (non-hydrogen) atoms. The molecule has 0 bridgehead atoms. The van der Waals surface area contributed by atoms with Gasteiger partial charge in [-0.25, -0.2) is 4.98 Å². The van der Waals surface area contributed by atoms with E-state index in [4.69, 9.17) is 5.73 Å². The fourth-order valence-electron chi connectivity index (χ4n) is 1.31. The van der Waals surface area contributed by atoms with E-state index < -0.39 is 0 Å². The predicted molar refractivity (Wildman–Crippen MR) is 63.4 cm³/mol. The second-order valence-corrected chi connectivity index (χ2v) is 4.16. The van der Waals surface area contributed by atoms with Gasteiger partial charge < -0.3 is 16.0 Å². The molecule has 0 unspecified atom stereocenters. The van der Waals surface area contributed by atoms with E-state index in [1.807, 2.05) is 0 Å². The molecule has 0 aliphatic carbocycles. The first-order valence-electron chi connectivity index (χ1n) is 4.87. The quantitative estimate of drug-likeness (QED) is 0.741. The molecule has 2 heterocycles. The molecule has 6 heteroatoms. The number of aromatic nitrogens is 2. The Labute approximate surface area is 96.7 Å². The largest absolute Gasteiger partial charge is 0.397 e. The van der Waals surface area contributed by atoms with Crippen LogP contribution in [-0.2, 0) is 6.42 Å². The average molecular weight is 236 g/mol. The molecule has 2 aromatic rings. The normalized spacial score (nSPS) is 10.2. The Bertz CT molecular complexity index is 463. The zero-order valence-electron chi connectivity index (χ0n) is 8.56. The highest BCUT2D eigenvalue weighted by Gasteiger charge is 2.10. The van der Waals surface area contributed by atoms with Crippen LogP contribution < -0.4 is 11.1 Å². The first-order chi connectivity index (χ1) is 7.77. The molecule has 0 aliphatic heterocycles. The van der Waals surface area contributed by atoms with E-state index in [9.17, 15) is 4.79 Å². The Balaban J connectivity index is 1.83. The SMILES string of the molecule is Nc1ccsc1C(=O)NCCc1ncc[nH]1. The van der Waals surface area contributed by atoms with Crippen LogP contribution in [0.3, 0.4) is 0 Å². The van der Waals surface area contributed by atoms with Crippen molar-refractivity contribution in [2.75, 3.05) is 12.3 Å². The molecule has 0 spiro atoms. The molecule has 0 aromatic carbocycles. The van der Waals surface area contributed by atoms with Gasteiger partial charge in [-0.2, -0.15) is 0 Å². The number of nitrogens with two attached hydrogens (primary N) is 1. The molecule has 0 radical (unpaired) electrons. The summed E-state index contributed by atoms with van der Waals surface area (Å²) in [5.41, 5.74) is 6.17. The van der Waals surface area contributed by atoms with E-state index in [0.29, 0.717) is 23.5 Å². The van der Waals surface area contributed by atoms with E-state index in [2.05, 4.69) is 15.3 Å². The number of imidazole rings is 1. The van der Waals surface area contributed by atoms with Crippen LogP contribution in [-0.4, -0.2) is 22.4 Å². The molecule has 5 nitrogen and oxygen atoms in total. The fourth-order valence-corrected chi connectivity index (χ4v) is 2.05. The van der Waals surface area contributed by atoms with Gasteiger partial charge in [-0.1, -0.05) is 0 Å². The summed E-state index contributed by atoms with van der Waals surface area (Å²) in [5, 5.41) is 4.60. The fraction of sp³-hybridized carbons (Fsp3) is 0.200. The Morgan fingerprint density at radius 2 is 2.50 bits per heavy atom. The number of hydrogen-bond acceptors (Lipinski definition) is 4. The zero-order valence-corrected chi connectivity index (χ0v) is 9.38. The van der Waals surface area contributed by atoms with E-state index in [1.54, 1.807) is 23.8 Å². The van der Waals surface area contributed by atoms with Gasteiger partial charge in [0.1, 0.15) is 10.7 Å². The van der Waals surface area contributed by atoms with Crippen LogP contribution in [0.25, 0.3) is 0 Å². The Kier molecular flexibility index (Phi) is 3.21. The molecule has 0 saturated carbocycles. The van der Waals surface area contributed by atoms with Gasteiger partial charge in [0, 0.05) is 25.4 Å². The van der Waals surface area contributed by atoms with Gasteiger partial charge in [0.25, 0.3) is 5.91 Å². The summed E-state index contributed by atoms with van der Waals surface area (Å²) >= 11 is 1.35.